The van der Waals surface area contributed by atoms with E-state index in [1.807, 2.05) is 66.7 Å². The predicted molar refractivity (Wildman–Crippen MR) is 129 cm³/mol. The second kappa shape index (κ2) is 9.85. The van der Waals surface area contributed by atoms with Crippen LogP contribution in [0.15, 0.2) is 66.7 Å². The monoisotopic (exact) mass is 465 g/mol. The maximum atomic E-state index is 11.5. The summed E-state index contributed by atoms with van der Waals surface area (Å²) in [4.78, 5) is 16.1. The van der Waals surface area contributed by atoms with Crippen molar-refractivity contribution in [3.8, 4) is 11.5 Å². The Balaban J connectivity index is 1.63. The van der Waals surface area contributed by atoms with E-state index in [9.17, 15) is 9.90 Å². The molecule has 32 heavy (non-hydrogen) atoms. The van der Waals surface area contributed by atoms with E-state index in [1.165, 1.54) is 11.3 Å². The Hall–Kier alpha value is -3.35. The van der Waals surface area contributed by atoms with Gasteiger partial charge in [0.1, 0.15) is 11.6 Å². The Bertz CT molecular complexity index is 1270. The Morgan fingerprint density at radius 3 is 2.62 bits per heavy atom. The quantitative estimate of drug-likeness (QED) is 0.319. The van der Waals surface area contributed by atoms with Crippen LogP contribution in [0.3, 0.4) is 0 Å². The van der Waals surface area contributed by atoms with Crippen LogP contribution in [0.2, 0.25) is 5.02 Å². The molecule has 0 unspecified atom stereocenters. The van der Waals surface area contributed by atoms with Gasteiger partial charge in [0.15, 0.2) is 11.5 Å². The summed E-state index contributed by atoms with van der Waals surface area (Å²) in [5.74, 6) is 0.205. The van der Waals surface area contributed by atoms with Gasteiger partial charge < -0.3 is 14.6 Å². The van der Waals surface area contributed by atoms with Crippen molar-refractivity contribution in [3.63, 3.8) is 0 Å². The number of hydrogen-bond acceptors (Lipinski definition) is 5. The summed E-state index contributed by atoms with van der Waals surface area (Å²) in [6.07, 6.45) is 1.69. The van der Waals surface area contributed by atoms with Crippen molar-refractivity contribution < 1.29 is 19.4 Å². The molecule has 0 atom stereocenters. The van der Waals surface area contributed by atoms with Gasteiger partial charge in [-0.1, -0.05) is 48.0 Å². The summed E-state index contributed by atoms with van der Waals surface area (Å²) < 4.78 is 12.4. The molecule has 1 N–H and O–H groups in total. The van der Waals surface area contributed by atoms with Crippen LogP contribution < -0.4 is 9.47 Å². The molecule has 0 aliphatic heterocycles. The van der Waals surface area contributed by atoms with Crippen molar-refractivity contribution in [2.24, 2.45) is 0 Å². The smallest absolute Gasteiger partial charge is 0.307 e. The zero-order valence-electron chi connectivity index (χ0n) is 17.2. The third kappa shape index (κ3) is 5.10. The fourth-order valence-corrected chi connectivity index (χ4v) is 4.40. The number of benzene rings is 3. The van der Waals surface area contributed by atoms with Crippen LogP contribution in [0.25, 0.3) is 21.9 Å². The van der Waals surface area contributed by atoms with Crippen molar-refractivity contribution in [1.29, 1.82) is 0 Å². The molecule has 162 valence electrons. The number of carboxylic acid groups (broad SMARTS) is 1. The number of aromatic nitrogens is 1. The number of rotatable bonds is 8. The normalized spacial score (nSPS) is 11.5. The van der Waals surface area contributed by atoms with Crippen LogP contribution >= 0.6 is 22.9 Å². The van der Waals surface area contributed by atoms with Gasteiger partial charge in [0.25, 0.3) is 0 Å². The maximum absolute atomic E-state index is 11.5. The van der Waals surface area contributed by atoms with Crippen LogP contribution in [0.4, 0.5) is 0 Å². The van der Waals surface area contributed by atoms with E-state index in [1.54, 1.807) is 13.2 Å². The molecule has 1 aromatic heterocycles. The molecule has 4 aromatic rings. The Morgan fingerprint density at radius 1 is 1.09 bits per heavy atom. The molecule has 0 amide bonds. The lowest BCUT2D eigenvalue weighted by molar-refractivity contribution is -0.135. The van der Waals surface area contributed by atoms with Crippen LogP contribution in [-0.2, 0) is 11.4 Å². The van der Waals surface area contributed by atoms with E-state index in [2.05, 4.69) is 4.98 Å². The van der Waals surface area contributed by atoms with Gasteiger partial charge in [-0.2, -0.15) is 0 Å². The maximum Gasteiger partial charge on any atom is 0.307 e. The zero-order chi connectivity index (χ0) is 22.5. The third-order valence-corrected chi connectivity index (χ3v) is 6.26. The summed E-state index contributed by atoms with van der Waals surface area (Å²) in [6, 6.07) is 20.7. The number of hydrogen-bond donors (Lipinski definition) is 1. The van der Waals surface area contributed by atoms with Crippen LogP contribution in [0.5, 0.6) is 11.5 Å². The molecule has 0 saturated heterocycles. The summed E-state index contributed by atoms with van der Waals surface area (Å²) in [6.45, 7) is 0.307. The standard InChI is InChI=1S/C25H20ClNO4S/c1-30-22-13-16(10-11-21(22)31-15-17-6-2-3-7-19(17)26)12-18(14-24(28)29)25-27-20-8-4-5-9-23(20)32-25/h2-13H,14-15H2,1H3,(H,28,29). The highest BCUT2D eigenvalue weighted by Gasteiger charge is 2.14. The minimum atomic E-state index is -0.915. The van der Waals surface area contributed by atoms with E-state index in [0.717, 1.165) is 21.3 Å². The lowest BCUT2D eigenvalue weighted by Gasteiger charge is -2.12. The van der Waals surface area contributed by atoms with Crippen molar-refractivity contribution in [2.75, 3.05) is 7.11 Å². The fourth-order valence-electron chi connectivity index (χ4n) is 3.23. The number of ether oxygens (including phenoxy) is 2. The number of carbonyl (C=O) groups is 1. The topological polar surface area (TPSA) is 68.7 Å². The molecule has 0 saturated carbocycles. The average Bonchev–Trinajstić information content (AvgIpc) is 3.22. The van der Waals surface area contributed by atoms with Crippen molar-refractivity contribution in [3.05, 3.63) is 87.9 Å². The molecular formula is C25H20ClNO4S. The Morgan fingerprint density at radius 2 is 1.88 bits per heavy atom. The molecule has 0 fully saturated rings. The lowest BCUT2D eigenvalue weighted by Crippen LogP contribution is -1.99. The number of para-hydroxylation sites is 1. The van der Waals surface area contributed by atoms with Crippen molar-refractivity contribution in [1.82, 2.24) is 4.98 Å². The summed E-state index contributed by atoms with van der Waals surface area (Å²) in [5, 5.41) is 10.7. The Kier molecular flexibility index (Phi) is 6.73. The molecule has 0 aliphatic carbocycles. The second-order valence-electron chi connectivity index (χ2n) is 7.02. The molecule has 7 heteroatoms. The first kappa shape index (κ1) is 21.9. The van der Waals surface area contributed by atoms with Crippen LogP contribution in [0, 0.1) is 0 Å². The summed E-state index contributed by atoms with van der Waals surface area (Å²) in [7, 11) is 1.57. The van der Waals surface area contributed by atoms with E-state index in [0.29, 0.717) is 33.7 Å². The van der Waals surface area contributed by atoms with Crippen molar-refractivity contribution >= 4 is 50.8 Å². The van der Waals surface area contributed by atoms with Gasteiger partial charge in [-0.3, -0.25) is 4.79 Å². The van der Waals surface area contributed by atoms with Gasteiger partial charge in [-0.05, 0) is 47.5 Å². The van der Waals surface area contributed by atoms with E-state index in [4.69, 9.17) is 21.1 Å². The number of nitrogens with zero attached hydrogens (tertiary/aromatic N) is 1. The zero-order valence-corrected chi connectivity index (χ0v) is 18.8. The number of fused-ring (bicyclic) bond motifs is 1. The minimum absolute atomic E-state index is 0.132. The average molecular weight is 466 g/mol. The predicted octanol–water partition coefficient (Wildman–Crippen LogP) is 6.55. The number of methoxy groups -OCH3 is 1. The van der Waals surface area contributed by atoms with Crippen molar-refractivity contribution in [2.45, 2.75) is 13.0 Å². The van der Waals surface area contributed by atoms with Gasteiger partial charge in [-0.15, -0.1) is 11.3 Å². The first-order valence-corrected chi connectivity index (χ1v) is 11.1. The van der Waals surface area contributed by atoms with Gasteiger partial charge in [0.05, 0.1) is 23.7 Å². The SMILES string of the molecule is COc1cc(C=C(CC(=O)O)c2nc3ccccc3s2)ccc1OCc1ccccc1Cl. The molecule has 0 aliphatic rings. The number of aliphatic carboxylic acids is 1. The lowest BCUT2D eigenvalue weighted by atomic mass is 10.1. The molecule has 0 spiro atoms. The molecular weight excluding hydrogens is 446 g/mol. The fraction of sp³-hybridized carbons (Fsp3) is 0.120. The minimum Gasteiger partial charge on any atom is -0.493 e. The van der Waals surface area contributed by atoms with Gasteiger partial charge >= 0.3 is 5.97 Å². The number of thiazole rings is 1. The van der Waals surface area contributed by atoms with Gasteiger partial charge in [0, 0.05) is 10.6 Å². The molecule has 4 rings (SSSR count). The molecule has 5 nitrogen and oxygen atoms in total. The molecule has 0 bridgehead atoms. The van der Waals surface area contributed by atoms with Crippen LogP contribution in [0.1, 0.15) is 22.6 Å². The molecule has 3 aromatic carbocycles. The van der Waals surface area contributed by atoms with Crippen LogP contribution in [-0.4, -0.2) is 23.2 Å². The first-order valence-electron chi connectivity index (χ1n) is 9.86. The largest absolute Gasteiger partial charge is 0.493 e. The van der Waals surface area contributed by atoms with E-state index in [-0.39, 0.29) is 6.42 Å². The molecule has 1 heterocycles. The number of carboxylic acids is 1. The highest BCUT2D eigenvalue weighted by atomic mass is 35.5. The second-order valence-corrected chi connectivity index (χ2v) is 8.46. The van der Waals surface area contributed by atoms with Gasteiger partial charge in [0.2, 0.25) is 0 Å². The molecule has 0 radical (unpaired) electrons. The Labute approximate surface area is 194 Å². The highest BCUT2D eigenvalue weighted by Crippen LogP contribution is 2.33. The first-order chi connectivity index (χ1) is 15.5. The van der Waals surface area contributed by atoms with E-state index >= 15 is 0 Å². The highest BCUT2D eigenvalue weighted by molar-refractivity contribution is 7.19. The van der Waals surface area contributed by atoms with E-state index < -0.39 is 5.97 Å². The summed E-state index contributed by atoms with van der Waals surface area (Å²) in [5.41, 5.74) is 3.15. The van der Waals surface area contributed by atoms with Gasteiger partial charge in [-0.25, -0.2) is 4.98 Å². The summed E-state index contributed by atoms with van der Waals surface area (Å²) >= 11 is 7.68. The third-order valence-electron chi connectivity index (χ3n) is 4.78. The number of halogens is 1.